The van der Waals surface area contributed by atoms with Gasteiger partial charge < -0.3 is 10.2 Å². The predicted octanol–water partition coefficient (Wildman–Crippen LogP) is 4.05. The number of hydrogen-bond acceptors (Lipinski definition) is 4. The van der Waals surface area contributed by atoms with Gasteiger partial charge in [0.05, 0.1) is 13.2 Å². The first-order valence-electron chi connectivity index (χ1n) is 11.8. The predicted molar refractivity (Wildman–Crippen MR) is 134 cm³/mol. The molecule has 0 saturated heterocycles. The average molecular weight is 477 g/mol. The fourth-order valence-corrected chi connectivity index (χ4v) is 6.07. The van der Waals surface area contributed by atoms with E-state index in [0.29, 0.717) is 12.8 Å². The molecule has 7 heteroatoms. The summed E-state index contributed by atoms with van der Waals surface area (Å²) in [5.74, 6) is 0.421. The molecule has 184 valence electrons. The van der Waals surface area contributed by atoms with Crippen LogP contribution in [-0.4, -0.2) is 52.5 Å². The van der Waals surface area contributed by atoms with Gasteiger partial charge in [-0.1, -0.05) is 88.4 Å². The molecule has 0 aliphatic carbocycles. The van der Waals surface area contributed by atoms with Gasteiger partial charge in [0.2, 0.25) is 0 Å². The monoisotopic (exact) mass is 476 g/mol. The lowest BCUT2D eigenvalue weighted by Crippen LogP contribution is -2.53. The van der Waals surface area contributed by atoms with Crippen LogP contribution in [0.15, 0.2) is 60.7 Å². The molecule has 0 aliphatic heterocycles. The molecule has 0 fully saturated rings. The summed E-state index contributed by atoms with van der Waals surface area (Å²) in [6, 6.07) is 17.8. The molecular weight excluding hydrogens is 436 g/mol. The Morgan fingerprint density at radius 1 is 0.667 bits per heavy atom. The molecule has 33 heavy (non-hydrogen) atoms. The molecule has 2 N–H and O–H groups in total. The van der Waals surface area contributed by atoms with Crippen molar-refractivity contribution < 1.29 is 18.6 Å². The van der Waals surface area contributed by atoms with Crippen molar-refractivity contribution >= 4 is 10.2 Å². The topological polar surface area (TPSA) is 81.1 Å². The summed E-state index contributed by atoms with van der Waals surface area (Å²) in [7, 11) is -4.03. The van der Waals surface area contributed by atoms with Crippen molar-refractivity contribution in [3.63, 3.8) is 0 Å². The summed E-state index contributed by atoms with van der Waals surface area (Å²) >= 11 is 0. The Bertz CT molecular complexity index is 835. The number of benzene rings is 2. The summed E-state index contributed by atoms with van der Waals surface area (Å²) in [6.07, 6.45) is 1.07. The SMILES string of the molecule is CC(C)C[C@@H](CO)N(Cc1ccccc1)S(=O)(=O)N(Cc1ccccc1)[C@@H](CO)CC(C)C. The second-order valence-corrected chi connectivity index (χ2v) is 11.3. The van der Waals surface area contributed by atoms with E-state index in [1.807, 2.05) is 88.4 Å². The summed E-state index contributed by atoms with van der Waals surface area (Å²) in [6.45, 7) is 7.87. The molecule has 0 unspecified atom stereocenters. The van der Waals surface area contributed by atoms with E-state index in [1.165, 1.54) is 8.61 Å². The van der Waals surface area contributed by atoms with Crippen LogP contribution in [0.4, 0.5) is 0 Å². The first-order chi connectivity index (χ1) is 15.7. The molecular formula is C26H40N2O4S. The molecule has 6 nitrogen and oxygen atoms in total. The molecule has 0 bridgehead atoms. The van der Waals surface area contributed by atoms with Crippen LogP contribution >= 0.6 is 0 Å². The second-order valence-electron chi connectivity index (χ2n) is 9.50. The molecule has 0 aliphatic rings. The van der Waals surface area contributed by atoms with E-state index < -0.39 is 22.3 Å². The van der Waals surface area contributed by atoms with Crippen molar-refractivity contribution in [1.29, 1.82) is 0 Å². The summed E-state index contributed by atoms with van der Waals surface area (Å²) in [4.78, 5) is 0. The highest BCUT2D eigenvalue weighted by Gasteiger charge is 2.39. The van der Waals surface area contributed by atoms with Gasteiger partial charge in [0.15, 0.2) is 0 Å². The number of aliphatic hydroxyl groups is 2. The maximum absolute atomic E-state index is 14.2. The molecule has 0 amide bonds. The van der Waals surface area contributed by atoms with Gasteiger partial charge in [-0.05, 0) is 35.8 Å². The Balaban J connectivity index is 2.54. The maximum Gasteiger partial charge on any atom is 0.283 e. The van der Waals surface area contributed by atoms with Crippen LogP contribution < -0.4 is 0 Å². The second kappa shape index (κ2) is 13.2. The van der Waals surface area contributed by atoms with E-state index >= 15 is 0 Å². The fourth-order valence-electron chi connectivity index (χ4n) is 4.11. The standard InChI is InChI=1S/C26H40N2O4S/c1-21(2)15-25(19-29)27(17-23-11-7-5-8-12-23)33(31,32)28(26(20-30)16-22(3)4)18-24-13-9-6-10-14-24/h5-14,21-22,25-26,29-30H,15-20H2,1-4H3/t25-,26+. The minimum absolute atomic E-state index is 0.159. The minimum Gasteiger partial charge on any atom is -0.395 e. The van der Waals surface area contributed by atoms with Crippen LogP contribution in [0.5, 0.6) is 0 Å². The zero-order valence-electron chi connectivity index (χ0n) is 20.3. The zero-order valence-corrected chi connectivity index (χ0v) is 21.2. The summed E-state index contributed by atoms with van der Waals surface area (Å²) in [5, 5.41) is 20.5. The molecule has 2 aromatic rings. The van der Waals surface area contributed by atoms with E-state index in [2.05, 4.69) is 0 Å². The van der Waals surface area contributed by atoms with Gasteiger partial charge >= 0.3 is 0 Å². The largest absolute Gasteiger partial charge is 0.395 e. The number of hydrogen-bond donors (Lipinski definition) is 2. The van der Waals surface area contributed by atoms with Crippen molar-refractivity contribution in [2.45, 2.75) is 65.7 Å². The van der Waals surface area contributed by atoms with Crippen molar-refractivity contribution in [2.24, 2.45) is 11.8 Å². The third kappa shape index (κ3) is 8.19. The Morgan fingerprint density at radius 3 is 1.27 bits per heavy atom. The fraction of sp³-hybridized carbons (Fsp3) is 0.538. The third-order valence-corrected chi connectivity index (χ3v) is 7.72. The first-order valence-corrected chi connectivity index (χ1v) is 13.2. The van der Waals surface area contributed by atoms with Crippen LogP contribution in [0.1, 0.15) is 51.7 Å². The van der Waals surface area contributed by atoms with E-state index in [0.717, 1.165) is 11.1 Å². The normalized spacial score (nSPS) is 14.4. The number of rotatable bonds is 14. The van der Waals surface area contributed by atoms with Gasteiger partial charge in [0, 0.05) is 25.2 Å². The van der Waals surface area contributed by atoms with E-state index in [9.17, 15) is 18.6 Å². The summed E-state index contributed by atoms with van der Waals surface area (Å²) in [5.41, 5.74) is 1.71. The Hall–Kier alpha value is -1.77. The Kier molecular flexibility index (Phi) is 11.0. The molecule has 0 aromatic heterocycles. The maximum atomic E-state index is 14.2. The van der Waals surface area contributed by atoms with Crippen molar-refractivity contribution in [3.05, 3.63) is 71.8 Å². The van der Waals surface area contributed by atoms with Crippen LogP contribution in [0.25, 0.3) is 0 Å². The third-order valence-electron chi connectivity index (χ3n) is 5.68. The average Bonchev–Trinajstić information content (AvgIpc) is 2.79. The van der Waals surface area contributed by atoms with E-state index in [4.69, 9.17) is 0 Å². The molecule has 0 saturated carbocycles. The van der Waals surface area contributed by atoms with Crippen molar-refractivity contribution in [2.75, 3.05) is 13.2 Å². The summed E-state index contributed by atoms with van der Waals surface area (Å²) < 4.78 is 31.3. The lowest BCUT2D eigenvalue weighted by atomic mass is 10.0. The van der Waals surface area contributed by atoms with Crippen LogP contribution in [0.3, 0.4) is 0 Å². The minimum atomic E-state index is -4.03. The van der Waals surface area contributed by atoms with Crippen molar-refractivity contribution in [3.8, 4) is 0 Å². The first kappa shape index (κ1) is 27.5. The van der Waals surface area contributed by atoms with Gasteiger partial charge in [-0.2, -0.15) is 17.0 Å². The van der Waals surface area contributed by atoms with Gasteiger partial charge in [-0.3, -0.25) is 0 Å². The van der Waals surface area contributed by atoms with Gasteiger partial charge in [0.25, 0.3) is 10.2 Å². The van der Waals surface area contributed by atoms with E-state index in [1.54, 1.807) is 0 Å². The molecule has 0 heterocycles. The van der Waals surface area contributed by atoms with Gasteiger partial charge in [-0.25, -0.2) is 0 Å². The zero-order chi connectivity index (χ0) is 24.4. The van der Waals surface area contributed by atoms with Crippen LogP contribution in [-0.2, 0) is 23.3 Å². The molecule has 2 atom stereocenters. The van der Waals surface area contributed by atoms with Crippen molar-refractivity contribution in [1.82, 2.24) is 8.61 Å². The van der Waals surface area contributed by atoms with Gasteiger partial charge in [-0.15, -0.1) is 0 Å². The lowest BCUT2D eigenvalue weighted by molar-refractivity contribution is 0.131. The Labute approximate surface area is 200 Å². The van der Waals surface area contributed by atoms with Crippen LogP contribution in [0, 0.1) is 11.8 Å². The molecule has 2 rings (SSSR count). The lowest BCUT2D eigenvalue weighted by Gasteiger charge is -2.38. The molecule has 2 aromatic carbocycles. The molecule has 0 radical (unpaired) electrons. The number of aliphatic hydroxyl groups excluding tert-OH is 2. The highest BCUT2D eigenvalue weighted by molar-refractivity contribution is 7.86. The Morgan fingerprint density at radius 2 is 1.00 bits per heavy atom. The smallest absolute Gasteiger partial charge is 0.283 e. The van der Waals surface area contributed by atoms with Gasteiger partial charge in [0.1, 0.15) is 0 Å². The number of nitrogens with zero attached hydrogens (tertiary/aromatic N) is 2. The quantitative estimate of drug-likeness (QED) is 0.431. The highest BCUT2D eigenvalue weighted by atomic mass is 32.2. The molecule has 0 spiro atoms. The highest BCUT2D eigenvalue weighted by Crippen LogP contribution is 2.26. The van der Waals surface area contributed by atoms with Crippen LogP contribution in [0.2, 0.25) is 0 Å². The van der Waals surface area contributed by atoms with E-state index in [-0.39, 0.29) is 38.1 Å².